The number of carbonyl (C=O) groups excluding carboxylic acids is 1. The highest BCUT2D eigenvalue weighted by atomic mass is 35.5. The lowest BCUT2D eigenvalue weighted by Gasteiger charge is -2.25. The molecule has 0 radical (unpaired) electrons. The van der Waals surface area contributed by atoms with Crippen LogP contribution < -0.4 is 0 Å². The van der Waals surface area contributed by atoms with Crippen LogP contribution in [-0.2, 0) is 6.42 Å². The normalized spacial score (nSPS) is 21.3. The summed E-state index contributed by atoms with van der Waals surface area (Å²) in [5.41, 5.74) is 1.18. The van der Waals surface area contributed by atoms with E-state index >= 15 is 0 Å². The number of alkyl halides is 1. The molecule has 1 aliphatic rings. The Hall–Kier alpha value is -0.540. The largest absolute Gasteiger partial charge is 0.335 e. The first-order chi connectivity index (χ1) is 8.63. The van der Waals surface area contributed by atoms with Crippen molar-refractivity contribution in [3.63, 3.8) is 0 Å². The van der Waals surface area contributed by atoms with Gasteiger partial charge in [0.2, 0.25) is 0 Å². The Kier molecular flexibility index (Phi) is 4.68. The second-order valence-electron chi connectivity index (χ2n) is 4.94. The first-order valence-corrected chi connectivity index (χ1v) is 7.96. The number of halogens is 1. The van der Waals surface area contributed by atoms with Gasteiger partial charge in [-0.2, -0.15) is 0 Å². The number of carbonyl (C=O) groups is 1. The van der Waals surface area contributed by atoms with Crippen molar-refractivity contribution in [2.45, 2.75) is 50.9 Å². The number of aryl methyl sites for hydroxylation is 1. The first-order valence-electron chi connectivity index (χ1n) is 6.64. The van der Waals surface area contributed by atoms with Crippen LogP contribution in [0.3, 0.4) is 0 Å². The van der Waals surface area contributed by atoms with Gasteiger partial charge in [0.1, 0.15) is 0 Å². The zero-order valence-corrected chi connectivity index (χ0v) is 12.6. The molecule has 0 N–H and O–H groups in total. The fourth-order valence-corrected chi connectivity index (χ4v) is 3.81. The minimum Gasteiger partial charge on any atom is -0.335 e. The number of hydrogen-bond acceptors (Lipinski definition) is 2. The summed E-state index contributed by atoms with van der Waals surface area (Å²) < 4.78 is 0. The average Bonchev–Trinajstić information content (AvgIpc) is 2.95. The van der Waals surface area contributed by atoms with E-state index in [9.17, 15) is 4.79 Å². The molecular weight excluding hydrogens is 266 g/mol. The molecule has 2 unspecified atom stereocenters. The van der Waals surface area contributed by atoms with Crippen molar-refractivity contribution in [1.82, 2.24) is 4.90 Å². The third-order valence-corrected chi connectivity index (χ3v) is 4.68. The number of nitrogens with zero attached hydrogens (tertiary/aromatic N) is 1. The summed E-state index contributed by atoms with van der Waals surface area (Å²) in [5.74, 6) is 0.210. The Morgan fingerprint density at radius 3 is 3.11 bits per heavy atom. The van der Waals surface area contributed by atoms with Crippen LogP contribution in [0.5, 0.6) is 0 Å². The van der Waals surface area contributed by atoms with Crippen molar-refractivity contribution in [2.75, 3.05) is 6.54 Å². The standard InChI is InChI=1S/C14H20ClNOS/c1-3-11-6-8-18-13(11)14(17)16-7-4-5-12(16)9-10(2)15/h6,8,10,12H,3-5,7,9H2,1-2H3. The topological polar surface area (TPSA) is 20.3 Å². The van der Waals surface area contributed by atoms with Gasteiger partial charge in [-0.25, -0.2) is 0 Å². The van der Waals surface area contributed by atoms with Gasteiger partial charge in [-0.1, -0.05) is 6.92 Å². The maximum atomic E-state index is 12.6. The zero-order chi connectivity index (χ0) is 13.1. The minimum atomic E-state index is 0.136. The van der Waals surface area contributed by atoms with E-state index in [-0.39, 0.29) is 11.3 Å². The summed E-state index contributed by atoms with van der Waals surface area (Å²) >= 11 is 7.64. The number of likely N-dealkylation sites (tertiary alicyclic amines) is 1. The van der Waals surface area contributed by atoms with Gasteiger partial charge in [0.05, 0.1) is 4.88 Å². The van der Waals surface area contributed by atoms with E-state index in [1.807, 2.05) is 17.2 Å². The quantitative estimate of drug-likeness (QED) is 0.768. The fraction of sp³-hybridized carbons (Fsp3) is 0.643. The fourth-order valence-electron chi connectivity index (χ4n) is 2.66. The molecule has 0 bridgehead atoms. The van der Waals surface area contributed by atoms with Crippen molar-refractivity contribution in [3.8, 4) is 0 Å². The van der Waals surface area contributed by atoms with Gasteiger partial charge >= 0.3 is 0 Å². The van der Waals surface area contributed by atoms with E-state index < -0.39 is 0 Å². The Balaban J connectivity index is 2.13. The highest BCUT2D eigenvalue weighted by Crippen LogP contribution is 2.28. The van der Waals surface area contributed by atoms with E-state index in [2.05, 4.69) is 13.0 Å². The number of rotatable bonds is 4. The molecule has 0 aliphatic carbocycles. The third-order valence-electron chi connectivity index (χ3n) is 3.56. The second-order valence-corrected chi connectivity index (χ2v) is 6.60. The van der Waals surface area contributed by atoms with Gasteiger partial charge < -0.3 is 4.90 Å². The van der Waals surface area contributed by atoms with Crippen LogP contribution >= 0.6 is 22.9 Å². The smallest absolute Gasteiger partial charge is 0.264 e. The van der Waals surface area contributed by atoms with Gasteiger partial charge in [0.25, 0.3) is 5.91 Å². The molecule has 1 aromatic rings. The molecule has 2 heterocycles. The van der Waals surface area contributed by atoms with Crippen LogP contribution in [0.4, 0.5) is 0 Å². The Bertz CT molecular complexity index is 416. The van der Waals surface area contributed by atoms with E-state index in [4.69, 9.17) is 11.6 Å². The van der Waals surface area contributed by atoms with Gasteiger partial charge in [-0.3, -0.25) is 4.79 Å². The van der Waals surface area contributed by atoms with Crippen molar-refractivity contribution < 1.29 is 4.79 Å². The lowest BCUT2D eigenvalue weighted by atomic mass is 10.1. The van der Waals surface area contributed by atoms with Gasteiger partial charge in [-0.15, -0.1) is 22.9 Å². The predicted molar refractivity (Wildman–Crippen MR) is 77.7 cm³/mol. The molecule has 1 aromatic heterocycles. The van der Waals surface area contributed by atoms with Crippen LogP contribution in [0.25, 0.3) is 0 Å². The molecule has 4 heteroatoms. The minimum absolute atomic E-state index is 0.136. The van der Waals surface area contributed by atoms with E-state index in [1.165, 1.54) is 5.56 Å². The highest BCUT2D eigenvalue weighted by Gasteiger charge is 2.31. The summed E-state index contributed by atoms with van der Waals surface area (Å²) in [6.45, 7) is 4.99. The van der Waals surface area contributed by atoms with Crippen molar-refractivity contribution >= 4 is 28.8 Å². The molecule has 2 nitrogen and oxygen atoms in total. The van der Waals surface area contributed by atoms with Crippen LogP contribution in [0, 0.1) is 0 Å². The first kappa shape index (κ1) is 13.9. The number of thiophene rings is 1. The molecule has 2 rings (SSSR count). The average molecular weight is 286 g/mol. The summed E-state index contributed by atoms with van der Waals surface area (Å²) in [7, 11) is 0. The maximum absolute atomic E-state index is 12.6. The van der Waals surface area contributed by atoms with Crippen molar-refractivity contribution in [1.29, 1.82) is 0 Å². The summed E-state index contributed by atoms with van der Waals surface area (Å²) in [4.78, 5) is 15.5. The summed E-state index contributed by atoms with van der Waals surface area (Å²) in [5, 5.41) is 2.15. The third kappa shape index (κ3) is 2.89. The van der Waals surface area contributed by atoms with Crippen LogP contribution in [0.1, 0.15) is 48.3 Å². The SMILES string of the molecule is CCc1ccsc1C(=O)N1CCCC1CC(C)Cl. The molecule has 0 aromatic carbocycles. The predicted octanol–water partition coefficient (Wildman–Crippen LogP) is 3.93. The molecule has 1 saturated heterocycles. The Morgan fingerprint density at radius 2 is 2.44 bits per heavy atom. The van der Waals surface area contributed by atoms with Crippen molar-refractivity contribution in [2.24, 2.45) is 0 Å². The molecule has 18 heavy (non-hydrogen) atoms. The van der Waals surface area contributed by atoms with Crippen molar-refractivity contribution in [3.05, 3.63) is 21.9 Å². The van der Waals surface area contributed by atoms with Gasteiger partial charge in [-0.05, 0) is 49.6 Å². The van der Waals surface area contributed by atoms with Crippen LogP contribution in [0.2, 0.25) is 0 Å². The monoisotopic (exact) mass is 285 g/mol. The van der Waals surface area contributed by atoms with Gasteiger partial charge in [0.15, 0.2) is 0 Å². The second kappa shape index (κ2) is 6.07. The molecule has 0 saturated carbocycles. The molecule has 1 aliphatic heterocycles. The van der Waals surface area contributed by atoms with Crippen LogP contribution in [0.15, 0.2) is 11.4 Å². The molecular formula is C14H20ClNOS. The maximum Gasteiger partial charge on any atom is 0.264 e. The summed E-state index contributed by atoms with van der Waals surface area (Å²) in [6.07, 6.45) is 4.03. The lowest BCUT2D eigenvalue weighted by molar-refractivity contribution is 0.0735. The van der Waals surface area contributed by atoms with Crippen LogP contribution in [-0.4, -0.2) is 28.8 Å². The van der Waals surface area contributed by atoms with E-state index in [0.29, 0.717) is 6.04 Å². The molecule has 1 amide bonds. The zero-order valence-electron chi connectivity index (χ0n) is 11.0. The van der Waals surface area contributed by atoms with Gasteiger partial charge in [0, 0.05) is 18.0 Å². The Labute approximate surface area is 118 Å². The molecule has 0 spiro atoms. The molecule has 100 valence electrons. The number of amides is 1. The number of hydrogen-bond donors (Lipinski definition) is 0. The van der Waals surface area contributed by atoms with E-state index in [0.717, 1.165) is 37.1 Å². The summed E-state index contributed by atoms with van der Waals surface area (Å²) in [6, 6.07) is 2.39. The molecule has 1 fully saturated rings. The van der Waals surface area contributed by atoms with E-state index in [1.54, 1.807) is 11.3 Å². The highest BCUT2D eigenvalue weighted by molar-refractivity contribution is 7.12. The Morgan fingerprint density at radius 1 is 1.67 bits per heavy atom. The lowest BCUT2D eigenvalue weighted by Crippen LogP contribution is -2.36. The molecule has 2 atom stereocenters.